The molecule has 8 nitrogen and oxygen atoms in total. The lowest BCUT2D eigenvalue weighted by atomic mass is 10.3. The zero-order valence-electron chi connectivity index (χ0n) is 15.2. The molecule has 1 N–H and O–H groups in total. The Bertz CT molecular complexity index is 1050. The Morgan fingerprint density at radius 2 is 1.61 bits per heavy atom. The molecule has 9 heteroatoms. The largest absolute Gasteiger partial charge is 0.424 e. The van der Waals surface area contributed by atoms with Gasteiger partial charge in [0.2, 0.25) is 5.91 Å². The Balaban J connectivity index is 1.76. The van der Waals surface area contributed by atoms with Gasteiger partial charge in [-0.3, -0.25) is 9.10 Å². The molecule has 28 heavy (non-hydrogen) atoms. The van der Waals surface area contributed by atoms with Crippen molar-refractivity contribution in [1.29, 1.82) is 0 Å². The number of hydrogen-bond donors (Lipinski definition) is 1. The van der Waals surface area contributed by atoms with Crippen molar-refractivity contribution >= 4 is 27.3 Å². The van der Waals surface area contributed by atoms with E-state index in [0.717, 1.165) is 0 Å². The lowest BCUT2D eigenvalue weighted by Crippen LogP contribution is -2.26. The SMILES string of the molecule is CC(=O)Nc1ccc(S(=O)(=O)N(C)c2ccc(Oc3ncccn3)cc2)cc1. The van der Waals surface area contributed by atoms with Gasteiger partial charge in [-0.15, -0.1) is 0 Å². The van der Waals surface area contributed by atoms with Crippen molar-refractivity contribution in [2.24, 2.45) is 0 Å². The zero-order chi connectivity index (χ0) is 20.1. The fourth-order valence-electron chi connectivity index (χ4n) is 2.38. The van der Waals surface area contributed by atoms with Crippen LogP contribution in [0.1, 0.15) is 6.92 Å². The Hall–Kier alpha value is -3.46. The minimum Gasteiger partial charge on any atom is -0.424 e. The van der Waals surface area contributed by atoms with E-state index < -0.39 is 10.0 Å². The van der Waals surface area contributed by atoms with Crippen molar-refractivity contribution in [2.45, 2.75) is 11.8 Å². The van der Waals surface area contributed by atoms with Gasteiger partial charge in [-0.05, 0) is 54.6 Å². The van der Waals surface area contributed by atoms with E-state index in [1.165, 1.54) is 30.4 Å². The second kappa shape index (κ2) is 8.05. The second-order valence-corrected chi connectivity index (χ2v) is 7.77. The van der Waals surface area contributed by atoms with Crippen LogP contribution in [-0.4, -0.2) is 31.3 Å². The smallest absolute Gasteiger partial charge is 0.321 e. The number of nitrogens with one attached hydrogen (secondary N) is 1. The number of hydrogen-bond acceptors (Lipinski definition) is 6. The molecule has 0 spiro atoms. The molecule has 0 radical (unpaired) electrons. The number of rotatable bonds is 6. The third-order valence-corrected chi connectivity index (χ3v) is 5.58. The third-order valence-electron chi connectivity index (χ3n) is 3.78. The van der Waals surface area contributed by atoms with E-state index >= 15 is 0 Å². The van der Waals surface area contributed by atoms with Crippen LogP contribution in [0.2, 0.25) is 0 Å². The van der Waals surface area contributed by atoms with Gasteiger partial charge in [0, 0.05) is 32.1 Å². The highest BCUT2D eigenvalue weighted by Crippen LogP contribution is 2.26. The van der Waals surface area contributed by atoms with Gasteiger partial charge in [0.25, 0.3) is 10.0 Å². The average Bonchev–Trinajstić information content (AvgIpc) is 2.69. The van der Waals surface area contributed by atoms with Crippen molar-refractivity contribution in [3.63, 3.8) is 0 Å². The maximum Gasteiger partial charge on any atom is 0.321 e. The zero-order valence-corrected chi connectivity index (χ0v) is 16.1. The highest BCUT2D eigenvalue weighted by atomic mass is 32.2. The summed E-state index contributed by atoms with van der Waals surface area (Å²) in [5.74, 6) is 0.261. The van der Waals surface area contributed by atoms with E-state index in [-0.39, 0.29) is 16.8 Å². The van der Waals surface area contributed by atoms with Gasteiger partial charge in [0.15, 0.2) is 0 Å². The summed E-state index contributed by atoms with van der Waals surface area (Å²) in [4.78, 5) is 19.1. The third kappa shape index (κ3) is 4.44. The normalized spacial score (nSPS) is 10.9. The number of benzene rings is 2. The molecular formula is C19H18N4O4S. The van der Waals surface area contributed by atoms with Crippen LogP contribution in [-0.2, 0) is 14.8 Å². The van der Waals surface area contributed by atoms with Crippen LogP contribution in [0, 0.1) is 0 Å². The number of amides is 1. The van der Waals surface area contributed by atoms with Gasteiger partial charge in [-0.25, -0.2) is 18.4 Å². The standard InChI is InChI=1S/C19H18N4O4S/c1-14(24)22-15-4-10-18(11-5-15)28(25,26)23(2)16-6-8-17(9-7-16)27-19-20-12-3-13-21-19/h3-13H,1-2H3,(H,22,24). The van der Waals surface area contributed by atoms with Crippen LogP contribution in [0.5, 0.6) is 11.8 Å². The molecule has 144 valence electrons. The predicted octanol–water partition coefficient (Wildman–Crippen LogP) is 3.05. The minimum absolute atomic E-state index is 0.113. The highest BCUT2D eigenvalue weighted by Gasteiger charge is 2.21. The Morgan fingerprint density at radius 1 is 1.00 bits per heavy atom. The molecular weight excluding hydrogens is 380 g/mol. The molecule has 0 saturated carbocycles. The average molecular weight is 398 g/mol. The summed E-state index contributed by atoms with van der Waals surface area (Å²) in [6, 6.07) is 14.4. The van der Waals surface area contributed by atoms with Gasteiger partial charge < -0.3 is 10.1 Å². The molecule has 1 heterocycles. The van der Waals surface area contributed by atoms with Gasteiger partial charge in [-0.1, -0.05) is 0 Å². The quantitative estimate of drug-likeness (QED) is 0.685. The number of ether oxygens (including phenoxy) is 1. The molecule has 0 aliphatic carbocycles. The van der Waals surface area contributed by atoms with Crippen LogP contribution in [0.25, 0.3) is 0 Å². The van der Waals surface area contributed by atoms with E-state index in [2.05, 4.69) is 15.3 Å². The molecule has 2 aromatic carbocycles. The molecule has 1 amide bonds. The molecule has 0 aliphatic rings. The first-order chi connectivity index (χ1) is 13.4. The van der Waals surface area contributed by atoms with Gasteiger partial charge in [0.05, 0.1) is 10.6 Å². The van der Waals surface area contributed by atoms with E-state index in [9.17, 15) is 13.2 Å². The Kier molecular flexibility index (Phi) is 5.55. The molecule has 0 atom stereocenters. The maximum absolute atomic E-state index is 12.8. The summed E-state index contributed by atoms with van der Waals surface area (Å²) >= 11 is 0. The molecule has 3 rings (SSSR count). The van der Waals surface area contributed by atoms with Gasteiger partial charge in [0.1, 0.15) is 5.75 Å². The second-order valence-electron chi connectivity index (χ2n) is 5.81. The molecule has 3 aromatic rings. The van der Waals surface area contributed by atoms with Crippen LogP contribution in [0.3, 0.4) is 0 Å². The topological polar surface area (TPSA) is 101 Å². The van der Waals surface area contributed by atoms with Crippen molar-refractivity contribution in [3.05, 3.63) is 67.0 Å². The van der Waals surface area contributed by atoms with E-state index in [0.29, 0.717) is 17.1 Å². The molecule has 0 bridgehead atoms. The fourth-order valence-corrected chi connectivity index (χ4v) is 3.57. The number of sulfonamides is 1. The molecule has 0 fully saturated rings. The number of carbonyl (C=O) groups excluding carboxylic acids is 1. The maximum atomic E-state index is 12.8. The summed E-state index contributed by atoms with van der Waals surface area (Å²) in [5, 5.41) is 2.60. The number of carbonyl (C=O) groups is 1. The molecule has 1 aromatic heterocycles. The fraction of sp³-hybridized carbons (Fsp3) is 0.105. The summed E-state index contributed by atoms with van der Waals surface area (Å²) in [7, 11) is -2.29. The highest BCUT2D eigenvalue weighted by molar-refractivity contribution is 7.92. The van der Waals surface area contributed by atoms with E-state index in [1.807, 2.05) is 0 Å². The molecule has 0 unspecified atom stereocenters. The first kappa shape index (κ1) is 19.3. The lowest BCUT2D eigenvalue weighted by Gasteiger charge is -2.20. The molecule has 0 aliphatic heterocycles. The van der Waals surface area contributed by atoms with E-state index in [1.54, 1.807) is 54.9 Å². The van der Waals surface area contributed by atoms with Crippen molar-refractivity contribution in [2.75, 3.05) is 16.7 Å². The first-order valence-corrected chi connectivity index (χ1v) is 9.72. The van der Waals surface area contributed by atoms with Crippen molar-refractivity contribution in [1.82, 2.24) is 9.97 Å². The van der Waals surface area contributed by atoms with E-state index in [4.69, 9.17) is 4.74 Å². The molecule has 0 saturated heterocycles. The monoisotopic (exact) mass is 398 g/mol. The van der Waals surface area contributed by atoms with Crippen LogP contribution in [0.15, 0.2) is 71.9 Å². The van der Waals surface area contributed by atoms with Crippen LogP contribution >= 0.6 is 0 Å². The van der Waals surface area contributed by atoms with Crippen LogP contribution in [0.4, 0.5) is 11.4 Å². The Morgan fingerprint density at radius 3 is 2.18 bits per heavy atom. The number of nitrogens with zero attached hydrogens (tertiary/aromatic N) is 3. The lowest BCUT2D eigenvalue weighted by molar-refractivity contribution is -0.114. The van der Waals surface area contributed by atoms with Crippen molar-refractivity contribution in [3.8, 4) is 11.8 Å². The van der Waals surface area contributed by atoms with Gasteiger partial charge in [-0.2, -0.15) is 0 Å². The first-order valence-electron chi connectivity index (χ1n) is 8.28. The van der Waals surface area contributed by atoms with Gasteiger partial charge >= 0.3 is 6.01 Å². The summed E-state index contributed by atoms with van der Waals surface area (Å²) in [5.41, 5.74) is 0.992. The summed E-state index contributed by atoms with van der Waals surface area (Å²) in [6.07, 6.45) is 3.13. The number of aromatic nitrogens is 2. The predicted molar refractivity (Wildman–Crippen MR) is 105 cm³/mol. The summed E-state index contributed by atoms with van der Waals surface area (Å²) in [6.45, 7) is 1.38. The van der Waals surface area contributed by atoms with Crippen molar-refractivity contribution < 1.29 is 17.9 Å². The number of anilines is 2. The minimum atomic E-state index is -3.75. The Labute approximate surface area is 162 Å². The summed E-state index contributed by atoms with van der Waals surface area (Å²) < 4.78 is 32.3. The van der Waals surface area contributed by atoms with Crippen LogP contribution < -0.4 is 14.4 Å².